The lowest BCUT2D eigenvalue weighted by Gasteiger charge is -2.34. The topological polar surface area (TPSA) is 36.6 Å². The first-order valence-corrected chi connectivity index (χ1v) is 6.76. The van der Waals surface area contributed by atoms with Crippen molar-refractivity contribution in [1.82, 2.24) is 4.90 Å². The van der Waals surface area contributed by atoms with Crippen LogP contribution in [0, 0.1) is 0 Å². The lowest BCUT2D eigenvalue weighted by Crippen LogP contribution is -2.37. The second-order valence-electron chi connectivity index (χ2n) is 4.97. The first-order valence-electron chi connectivity index (χ1n) is 6.76. The van der Waals surface area contributed by atoms with Crippen LogP contribution in [0.4, 0.5) is 0 Å². The molecule has 96 valence electrons. The first-order chi connectivity index (χ1) is 8.40. The second-order valence-corrected chi connectivity index (χ2v) is 4.97. The molecule has 1 aromatic heterocycles. The van der Waals surface area contributed by atoms with Crippen molar-refractivity contribution in [1.29, 1.82) is 0 Å². The Kier molecular flexibility index (Phi) is 5.08. The van der Waals surface area contributed by atoms with Gasteiger partial charge in [-0.05, 0) is 25.3 Å². The molecule has 1 aliphatic rings. The monoisotopic (exact) mass is 237 g/mol. The molecule has 0 amide bonds. The van der Waals surface area contributed by atoms with Gasteiger partial charge in [-0.15, -0.1) is 0 Å². The fraction of sp³-hybridized carbons (Fsp3) is 0.714. The van der Waals surface area contributed by atoms with Crippen LogP contribution in [0.3, 0.4) is 0 Å². The maximum Gasteiger partial charge on any atom is 0.0947 e. The Labute approximate surface area is 103 Å². The van der Waals surface area contributed by atoms with Gasteiger partial charge in [-0.3, -0.25) is 4.90 Å². The van der Waals surface area contributed by atoms with E-state index in [0.29, 0.717) is 6.04 Å². The van der Waals surface area contributed by atoms with Gasteiger partial charge in [0.05, 0.1) is 12.5 Å². The SMILES string of the molecule is OCCCN(Cc1ccoc1)C1CCCCC1. The predicted molar refractivity (Wildman–Crippen MR) is 67.7 cm³/mol. The zero-order chi connectivity index (χ0) is 11.9. The zero-order valence-electron chi connectivity index (χ0n) is 10.5. The summed E-state index contributed by atoms with van der Waals surface area (Å²) in [6.07, 6.45) is 11.1. The van der Waals surface area contributed by atoms with Gasteiger partial charge in [0.2, 0.25) is 0 Å². The molecule has 1 saturated carbocycles. The predicted octanol–water partition coefficient (Wildman–Crippen LogP) is 2.80. The molecule has 0 saturated heterocycles. The molecule has 17 heavy (non-hydrogen) atoms. The lowest BCUT2D eigenvalue weighted by molar-refractivity contribution is 0.134. The van der Waals surface area contributed by atoms with Crippen LogP contribution in [0.15, 0.2) is 23.0 Å². The standard InChI is InChI=1S/C14H23NO2/c16-9-4-8-15(11-13-7-10-17-12-13)14-5-2-1-3-6-14/h7,10,12,14,16H,1-6,8-9,11H2. The summed E-state index contributed by atoms with van der Waals surface area (Å²) in [7, 11) is 0. The highest BCUT2D eigenvalue weighted by Crippen LogP contribution is 2.24. The Balaban J connectivity index is 1.91. The van der Waals surface area contributed by atoms with Gasteiger partial charge in [0.25, 0.3) is 0 Å². The Morgan fingerprint density at radius 2 is 2.12 bits per heavy atom. The van der Waals surface area contributed by atoms with Crippen LogP contribution in [0.25, 0.3) is 0 Å². The smallest absolute Gasteiger partial charge is 0.0947 e. The molecule has 0 spiro atoms. The molecule has 0 unspecified atom stereocenters. The third-order valence-electron chi connectivity index (χ3n) is 3.66. The van der Waals surface area contributed by atoms with E-state index in [2.05, 4.69) is 4.90 Å². The second kappa shape index (κ2) is 6.82. The van der Waals surface area contributed by atoms with Gasteiger partial charge in [-0.25, -0.2) is 0 Å². The third kappa shape index (κ3) is 3.86. The van der Waals surface area contributed by atoms with Crippen molar-refractivity contribution in [3.63, 3.8) is 0 Å². The van der Waals surface area contributed by atoms with Gasteiger partial charge in [-0.2, -0.15) is 0 Å². The highest BCUT2D eigenvalue weighted by Gasteiger charge is 2.20. The Morgan fingerprint density at radius 1 is 1.29 bits per heavy atom. The van der Waals surface area contributed by atoms with Crippen LogP contribution >= 0.6 is 0 Å². The van der Waals surface area contributed by atoms with Crippen LogP contribution in [0.2, 0.25) is 0 Å². The van der Waals surface area contributed by atoms with Gasteiger partial charge in [0.1, 0.15) is 0 Å². The number of hydrogen-bond acceptors (Lipinski definition) is 3. The third-order valence-corrected chi connectivity index (χ3v) is 3.66. The molecule has 0 bridgehead atoms. The molecule has 1 aromatic rings. The molecule has 0 aliphatic heterocycles. The van der Waals surface area contributed by atoms with Crippen molar-refractivity contribution in [2.45, 2.75) is 51.1 Å². The minimum absolute atomic E-state index is 0.286. The van der Waals surface area contributed by atoms with Crippen molar-refractivity contribution in [3.05, 3.63) is 24.2 Å². The molecule has 0 radical (unpaired) electrons. The largest absolute Gasteiger partial charge is 0.472 e. The van der Waals surface area contributed by atoms with Crippen molar-refractivity contribution in [2.75, 3.05) is 13.2 Å². The van der Waals surface area contributed by atoms with Crippen LogP contribution in [0.5, 0.6) is 0 Å². The lowest BCUT2D eigenvalue weighted by atomic mass is 9.94. The average Bonchev–Trinajstić information content (AvgIpc) is 2.88. The normalized spacial score (nSPS) is 17.8. The van der Waals surface area contributed by atoms with Gasteiger partial charge >= 0.3 is 0 Å². The molecule has 3 heteroatoms. The molecule has 1 heterocycles. The highest BCUT2D eigenvalue weighted by atomic mass is 16.3. The molecule has 1 N–H and O–H groups in total. The first kappa shape index (κ1) is 12.7. The summed E-state index contributed by atoms with van der Waals surface area (Å²) in [5, 5.41) is 8.99. The summed E-state index contributed by atoms with van der Waals surface area (Å²) < 4.78 is 5.13. The molecular weight excluding hydrogens is 214 g/mol. The molecular formula is C14H23NO2. The number of aliphatic hydroxyl groups excluding tert-OH is 1. The molecule has 2 rings (SSSR count). The number of nitrogens with zero attached hydrogens (tertiary/aromatic N) is 1. The van der Waals surface area contributed by atoms with Crippen LogP contribution < -0.4 is 0 Å². The summed E-state index contributed by atoms with van der Waals surface area (Å²) in [6, 6.07) is 2.74. The number of aliphatic hydroxyl groups is 1. The van der Waals surface area contributed by atoms with Crippen LogP contribution in [0.1, 0.15) is 44.1 Å². The van der Waals surface area contributed by atoms with E-state index in [1.54, 1.807) is 6.26 Å². The molecule has 1 fully saturated rings. The van der Waals surface area contributed by atoms with Gasteiger partial charge in [0.15, 0.2) is 0 Å². The zero-order valence-corrected chi connectivity index (χ0v) is 10.5. The maximum atomic E-state index is 8.99. The Bertz CT molecular complexity index is 291. The number of furan rings is 1. The van der Waals surface area contributed by atoms with Gasteiger partial charge in [0, 0.05) is 31.3 Å². The van der Waals surface area contributed by atoms with Crippen molar-refractivity contribution < 1.29 is 9.52 Å². The summed E-state index contributed by atoms with van der Waals surface area (Å²) in [4.78, 5) is 2.51. The average molecular weight is 237 g/mol. The van der Waals surface area contributed by atoms with Crippen molar-refractivity contribution in [2.24, 2.45) is 0 Å². The van der Waals surface area contributed by atoms with E-state index in [9.17, 15) is 0 Å². The van der Waals surface area contributed by atoms with E-state index in [4.69, 9.17) is 9.52 Å². The molecule has 0 atom stereocenters. The van der Waals surface area contributed by atoms with E-state index in [0.717, 1.165) is 19.5 Å². The van der Waals surface area contributed by atoms with Gasteiger partial charge in [-0.1, -0.05) is 19.3 Å². The molecule has 0 aromatic carbocycles. The quantitative estimate of drug-likeness (QED) is 0.826. The minimum Gasteiger partial charge on any atom is -0.472 e. The highest BCUT2D eigenvalue weighted by molar-refractivity contribution is 5.05. The summed E-state index contributed by atoms with van der Waals surface area (Å²) in [5.74, 6) is 0. The van der Waals surface area contributed by atoms with Crippen LogP contribution in [-0.2, 0) is 6.54 Å². The summed E-state index contributed by atoms with van der Waals surface area (Å²) in [5.41, 5.74) is 1.24. The van der Waals surface area contributed by atoms with Crippen molar-refractivity contribution >= 4 is 0 Å². The van der Waals surface area contributed by atoms with Crippen LogP contribution in [-0.4, -0.2) is 29.2 Å². The van der Waals surface area contributed by atoms with Crippen molar-refractivity contribution in [3.8, 4) is 0 Å². The van der Waals surface area contributed by atoms with E-state index in [-0.39, 0.29) is 6.61 Å². The maximum absolute atomic E-state index is 8.99. The fourth-order valence-corrected chi connectivity index (χ4v) is 2.73. The summed E-state index contributed by atoms with van der Waals surface area (Å²) in [6.45, 7) is 2.24. The Hall–Kier alpha value is -0.800. The summed E-state index contributed by atoms with van der Waals surface area (Å²) >= 11 is 0. The van der Waals surface area contributed by atoms with E-state index < -0.39 is 0 Å². The van der Waals surface area contributed by atoms with E-state index in [1.165, 1.54) is 37.7 Å². The number of hydrogen-bond donors (Lipinski definition) is 1. The number of rotatable bonds is 6. The molecule has 3 nitrogen and oxygen atoms in total. The Morgan fingerprint density at radius 3 is 2.76 bits per heavy atom. The van der Waals surface area contributed by atoms with E-state index >= 15 is 0 Å². The fourth-order valence-electron chi connectivity index (χ4n) is 2.73. The van der Waals surface area contributed by atoms with E-state index in [1.807, 2.05) is 12.3 Å². The minimum atomic E-state index is 0.286. The van der Waals surface area contributed by atoms with Gasteiger partial charge < -0.3 is 9.52 Å². The molecule has 1 aliphatic carbocycles.